The number of aromatic nitrogens is 1. The third-order valence-corrected chi connectivity index (χ3v) is 9.49. The van der Waals surface area contributed by atoms with Gasteiger partial charge in [-0.1, -0.05) is 29.3 Å². The monoisotopic (exact) mass is 734 g/mol. The maximum Gasteiger partial charge on any atom is 0.387 e. The van der Waals surface area contributed by atoms with Crippen LogP contribution < -0.4 is 24.5 Å². The van der Waals surface area contributed by atoms with Crippen molar-refractivity contribution in [2.24, 2.45) is 11.8 Å². The van der Waals surface area contributed by atoms with Gasteiger partial charge in [0, 0.05) is 38.2 Å². The van der Waals surface area contributed by atoms with Crippen molar-refractivity contribution in [1.82, 2.24) is 10.2 Å². The predicted molar refractivity (Wildman–Crippen MR) is 180 cm³/mol. The highest BCUT2D eigenvalue weighted by atomic mass is 35.5. The molecule has 3 aromatic rings. The summed E-state index contributed by atoms with van der Waals surface area (Å²) >= 11 is 13.0. The largest absolute Gasteiger partial charge is 0.492 e. The fourth-order valence-corrected chi connectivity index (χ4v) is 6.04. The number of hydrogen-bond donors (Lipinski definition) is 1. The Bertz CT molecular complexity index is 1630. The van der Waals surface area contributed by atoms with E-state index >= 15 is 0 Å². The number of amides is 1. The molecule has 50 heavy (non-hydrogen) atoms. The molecule has 1 atom stereocenters. The molecular weight excluding hydrogens is 695 g/mol. The number of pyridine rings is 1. The second kappa shape index (κ2) is 17.0. The van der Waals surface area contributed by atoms with Crippen LogP contribution in [-0.2, 0) is 15.9 Å². The predicted octanol–water partition coefficient (Wildman–Crippen LogP) is 6.19. The van der Waals surface area contributed by atoms with E-state index in [0.717, 1.165) is 38.8 Å². The number of ether oxygens (including phenoxy) is 5. The summed E-state index contributed by atoms with van der Waals surface area (Å²) in [5.74, 6) is 0.0264. The third kappa shape index (κ3) is 10.2. The molecule has 2 N–H and O–H groups in total. The molecule has 2 heterocycles. The number of carbonyl (C=O) groups is 2. The molecule has 3 aliphatic rings. The highest BCUT2D eigenvalue weighted by molar-refractivity contribution is 6.35. The van der Waals surface area contributed by atoms with Gasteiger partial charge in [-0.2, -0.15) is 8.78 Å². The summed E-state index contributed by atoms with van der Waals surface area (Å²) in [4.78, 5) is 32.4. The van der Waals surface area contributed by atoms with E-state index in [1.165, 1.54) is 24.3 Å². The van der Waals surface area contributed by atoms with Crippen molar-refractivity contribution in [2.45, 2.75) is 44.8 Å². The van der Waals surface area contributed by atoms with Crippen LogP contribution in [0.25, 0.3) is 0 Å². The molecule has 2 aliphatic carbocycles. The molecule has 268 valence electrons. The molecule has 1 amide bonds. The summed E-state index contributed by atoms with van der Waals surface area (Å²) in [6.07, 6.45) is 6.29. The lowest BCUT2D eigenvalue weighted by atomic mass is 10.0. The van der Waals surface area contributed by atoms with Crippen molar-refractivity contribution in [1.29, 1.82) is 0 Å². The Morgan fingerprint density at radius 3 is 2.24 bits per heavy atom. The molecule has 0 radical (unpaired) electrons. The van der Waals surface area contributed by atoms with Crippen molar-refractivity contribution in [3.63, 3.8) is 0 Å². The van der Waals surface area contributed by atoms with Crippen LogP contribution in [-0.4, -0.2) is 76.0 Å². The summed E-state index contributed by atoms with van der Waals surface area (Å²) in [7, 11) is 0. The number of rotatable bonds is 17. The van der Waals surface area contributed by atoms with E-state index in [1.807, 2.05) is 0 Å². The number of H-pyrrole nitrogens is 1. The average Bonchev–Trinajstić information content (AvgIpc) is 4.04. The maximum absolute atomic E-state index is 13.9. The van der Waals surface area contributed by atoms with Gasteiger partial charge in [-0.05, 0) is 73.4 Å². The van der Waals surface area contributed by atoms with Gasteiger partial charge in [-0.25, -0.2) is 9.78 Å². The van der Waals surface area contributed by atoms with E-state index < -0.39 is 18.7 Å². The van der Waals surface area contributed by atoms with Crippen LogP contribution in [0.4, 0.5) is 8.78 Å². The number of esters is 1. The topological polar surface area (TPSA) is 110 Å². The van der Waals surface area contributed by atoms with Gasteiger partial charge in [0.15, 0.2) is 23.9 Å². The van der Waals surface area contributed by atoms with Crippen LogP contribution in [0.2, 0.25) is 10.0 Å². The summed E-state index contributed by atoms with van der Waals surface area (Å²) in [6.45, 7) is 1.72. The number of benzene rings is 2. The fraction of sp³-hybridized carbons (Fsp3) is 0.472. The van der Waals surface area contributed by atoms with Crippen LogP contribution in [0.3, 0.4) is 0 Å². The average molecular weight is 736 g/mol. The number of alkyl halides is 2. The maximum atomic E-state index is 13.9. The van der Waals surface area contributed by atoms with E-state index in [9.17, 15) is 18.4 Å². The molecule has 6 rings (SSSR count). The number of nitrogens with one attached hydrogen (secondary N) is 2. The van der Waals surface area contributed by atoms with Gasteiger partial charge in [0.25, 0.3) is 5.91 Å². The summed E-state index contributed by atoms with van der Waals surface area (Å²) in [5, 5.41) is 3.58. The van der Waals surface area contributed by atoms with Crippen LogP contribution >= 0.6 is 23.2 Å². The molecule has 1 aromatic heterocycles. The highest BCUT2D eigenvalue weighted by Crippen LogP contribution is 2.38. The lowest BCUT2D eigenvalue weighted by molar-refractivity contribution is -0.377. The molecule has 0 spiro atoms. The molecule has 3 fully saturated rings. The zero-order valence-electron chi connectivity index (χ0n) is 27.4. The molecule has 2 saturated carbocycles. The summed E-state index contributed by atoms with van der Waals surface area (Å²) in [6, 6.07) is 9.03. The van der Waals surface area contributed by atoms with E-state index in [-0.39, 0.29) is 35.0 Å². The zero-order chi connectivity index (χ0) is 35.0. The van der Waals surface area contributed by atoms with E-state index in [0.29, 0.717) is 78.3 Å². The van der Waals surface area contributed by atoms with Gasteiger partial charge < -0.3 is 29.0 Å². The number of morpholine rings is 1. The van der Waals surface area contributed by atoms with Gasteiger partial charge in [0.05, 0.1) is 37.6 Å². The summed E-state index contributed by atoms with van der Waals surface area (Å²) in [5.41, 5.74) is 1.28. The van der Waals surface area contributed by atoms with Gasteiger partial charge >= 0.3 is 12.6 Å². The quantitative estimate of drug-likeness (QED) is 0.164. The van der Waals surface area contributed by atoms with Crippen LogP contribution in [0.1, 0.15) is 63.6 Å². The Balaban J connectivity index is 1.25. The van der Waals surface area contributed by atoms with Crippen molar-refractivity contribution >= 4 is 35.1 Å². The standard InChI is InChI=1S/C36H39Cl2F2N3O7/c37-28-18-41-19-29(38)26(28)17-32(24-5-8-31(50-36(39)40)33(16-24)48-21-23-3-4-23)49-35(45)25-6-7-30(47-20-22-1-2-22)27(15-25)34(44)42-9-10-43-11-13-46-14-12-43/h5-8,15-16,18-19,22-23,32,36H,1-4,9-14,17,20-21H2,(H,42,44)/p+1/t32-/m0/s1. The first-order valence-electron chi connectivity index (χ1n) is 16.8. The molecule has 10 nitrogen and oxygen atoms in total. The number of halogens is 4. The Kier molecular flexibility index (Phi) is 12.3. The van der Waals surface area contributed by atoms with Crippen molar-refractivity contribution in [3.05, 3.63) is 81.1 Å². The van der Waals surface area contributed by atoms with Crippen molar-refractivity contribution < 1.29 is 47.0 Å². The Hall–Kier alpha value is -3.71. The smallest absolute Gasteiger partial charge is 0.387 e. The first kappa shape index (κ1) is 36.1. The minimum absolute atomic E-state index is 0.0483. The minimum Gasteiger partial charge on any atom is -0.492 e. The Labute approximate surface area is 299 Å². The first-order chi connectivity index (χ1) is 24.2. The lowest BCUT2D eigenvalue weighted by Crippen LogP contribution is -2.41. The van der Waals surface area contributed by atoms with Crippen LogP contribution in [0.15, 0.2) is 48.8 Å². The van der Waals surface area contributed by atoms with Crippen molar-refractivity contribution in [2.75, 3.05) is 52.6 Å². The highest BCUT2D eigenvalue weighted by Gasteiger charge is 2.28. The SMILES string of the molecule is O=C(O[C@@H](Cc1c(Cl)c[nH+]cc1Cl)c1ccc(OC(F)F)c(OCC2CC2)c1)c1ccc(OCC2CC2)c(C(=O)NCCN2CCOCC2)c1. The molecular formula is C36H40Cl2F2N3O7+. The first-order valence-corrected chi connectivity index (χ1v) is 17.6. The molecule has 0 unspecified atom stereocenters. The number of hydrogen-bond acceptors (Lipinski definition) is 8. The molecule has 0 bridgehead atoms. The normalized spacial score (nSPS) is 16.9. The van der Waals surface area contributed by atoms with Gasteiger partial charge in [0.2, 0.25) is 0 Å². The van der Waals surface area contributed by atoms with E-state index in [2.05, 4.69) is 15.2 Å². The van der Waals surface area contributed by atoms with Gasteiger partial charge in [-0.3, -0.25) is 9.69 Å². The van der Waals surface area contributed by atoms with E-state index in [4.69, 9.17) is 46.9 Å². The molecule has 2 aromatic carbocycles. The number of aromatic amines is 1. The van der Waals surface area contributed by atoms with Crippen molar-refractivity contribution in [3.8, 4) is 17.2 Å². The molecule has 1 aliphatic heterocycles. The second-order valence-electron chi connectivity index (χ2n) is 12.7. The van der Waals surface area contributed by atoms with Crippen LogP contribution in [0.5, 0.6) is 17.2 Å². The lowest BCUT2D eigenvalue weighted by Gasteiger charge is -2.26. The van der Waals surface area contributed by atoms with Gasteiger partial charge in [0.1, 0.15) is 21.9 Å². The Morgan fingerprint density at radius 2 is 1.58 bits per heavy atom. The minimum atomic E-state index is -3.06. The van der Waals surface area contributed by atoms with E-state index in [1.54, 1.807) is 24.5 Å². The Morgan fingerprint density at radius 1 is 0.920 bits per heavy atom. The molecule has 14 heteroatoms. The van der Waals surface area contributed by atoms with Crippen LogP contribution in [0, 0.1) is 11.8 Å². The third-order valence-electron chi connectivity index (χ3n) is 8.81. The fourth-order valence-electron chi connectivity index (χ4n) is 5.50. The molecule has 1 saturated heterocycles. The van der Waals surface area contributed by atoms with Gasteiger partial charge in [-0.15, -0.1) is 0 Å². The number of carbonyl (C=O) groups excluding carboxylic acids is 2. The second-order valence-corrected chi connectivity index (χ2v) is 13.6. The number of nitrogens with zero attached hydrogens (tertiary/aromatic N) is 1. The zero-order valence-corrected chi connectivity index (χ0v) is 28.9. The summed E-state index contributed by atoms with van der Waals surface area (Å²) < 4.78 is 54.6.